The van der Waals surface area contributed by atoms with Crippen LogP contribution in [0.1, 0.15) is 69.1 Å². The zero-order valence-corrected chi connectivity index (χ0v) is 36.8. The van der Waals surface area contributed by atoms with Gasteiger partial charge in [0.15, 0.2) is 0 Å². The summed E-state index contributed by atoms with van der Waals surface area (Å²) in [6.07, 6.45) is 3.69. The largest absolute Gasteiger partial charge is 0.353 e. The van der Waals surface area contributed by atoms with Gasteiger partial charge in [-0.2, -0.15) is 0 Å². The molecule has 0 bridgehead atoms. The smallest absolute Gasteiger partial charge is 0.245 e. The number of nitrogens with two attached hydrogens (primary N) is 2. The average molecular weight is 896 g/mol. The summed E-state index contributed by atoms with van der Waals surface area (Å²) in [5, 5.41) is 12.5. The number of nitrogens with zero attached hydrogens (tertiary/aromatic N) is 1. The number of piperidine rings is 1. The van der Waals surface area contributed by atoms with E-state index in [-0.39, 0.29) is 67.9 Å². The molecule has 1 heterocycles. The molecule has 16 heteroatoms. The molecule has 0 radical (unpaired) electrons. The van der Waals surface area contributed by atoms with E-state index in [1.165, 1.54) is 0 Å². The molecule has 0 aliphatic carbocycles. The Hall–Kier alpha value is -3.91. The number of amides is 5. The third kappa shape index (κ3) is 17.3. The number of halogens is 4. The first-order valence-corrected chi connectivity index (χ1v) is 20.5. The molecule has 0 saturated carbocycles. The molecular weight excluding hydrogens is 836 g/mol. The zero-order valence-electron chi connectivity index (χ0n) is 33.7. The molecule has 1 aliphatic rings. The van der Waals surface area contributed by atoms with Crippen molar-refractivity contribution in [2.75, 3.05) is 19.6 Å². The number of carbonyl (C=O) groups excluding carboxylic acids is 5. The van der Waals surface area contributed by atoms with E-state index >= 15 is 0 Å². The van der Waals surface area contributed by atoms with Crippen molar-refractivity contribution in [2.24, 2.45) is 17.4 Å². The maximum atomic E-state index is 14.0. The molecule has 1 aliphatic heterocycles. The minimum Gasteiger partial charge on any atom is -0.353 e. The van der Waals surface area contributed by atoms with E-state index in [1.54, 1.807) is 23.1 Å². The summed E-state index contributed by atoms with van der Waals surface area (Å²) in [6, 6.07) is 19.9. The molecule has 1 saturated heterocycles. The Kier molecular flexibility index (Phi) is 22.9. The second-order valence-corrected chi connectivity index (χ2v) is 16.0. The lowest BCUT2D eigenvalue weighted by molar-refractivity contribution is -0.139. The third-order valence-corrected chi connectivity index (χ3v) is 10.7. The van der Waals surface area contributed by atoms with Gasteiger partial charge in [-0.3, -0.25) is 24.0 Å². The first-order valence-electron chi connectivity index (χ1n) is 19.8. The number of carbonyl (C=O) groups is 5. The first kappa shape index (κ1) is 51.2. The molecule has 0 aromatic heterocycles. The van der Waals surface area contributed by atoms with Crippen molar-refractivity contribution in [1.82, 2.24) is 26.2 Å². The molecular formula is C43H59Cl4N7O5. The molecule has 5 amide bonds. The molecule has 8 N–H and O–H groups in total. The number of hydrogen-bond acceptors (Lipinski definition) is 7. The van der Waals surface area contributed by atoms with Gasteiger partial charge in [-0.15, -0.1) is 24.8 Å². The Labute approximate surface area is 370 Å². The lowest BCUT2D eigenvalue weighted by Gasteiger charge is -2.35. The molecule has 0 spiro atoms. The van der Waals surface area contributed by atoms with Gasteiger partial charge in [-0.1, -0.05) is 104 Å². The van der Waals surface area contributed by atoms with Crippen LogP contribution < -0.4 is 32.7 Å². The van der Waals surface area contributed by atoms with Gasteiger partial charge in [0.1, 0.15) is 18.1 Å². The summed E-state index contributed by atoms with van der Waals surface area (Å²) in [6.45, 7) is 5.13. The van der Waals surface area contributed by atoms with Gasteiger partial charge in [-0.25, -0.2) is 0 Å². The Morgan fingerprint density at radius 3 is 1.85 bits per heavy atom. The molecule has 3 aromatic carbocycles. The highest BCUT2D eigenvalue weighted by atomic mass is 35.5. The van der Waals surface area contributed by atoms with Crippen LogP contribution in [0.25, 0.3) is 0 Å². The predicted molar refractivity (Wildman–Crippen MR) is 239 cm³/mol. The lowest BCUT2D eigenvalue weighted by Crippen LogP contribution is -2.59. The van der Waals surface area contributed by atoms with Gasteiger partial charge in [0.2, 0.25) is 29.5 Å². The number of rotatable bonds is 20. The van der Waals surface area contributed by atoms with Gasteiger partial charge in [0.25, 0.3) is 0 Å². The topological polar surface area (TPSA) is 189 Å². The predicted octanol–water partition coefficient (Wildman–Crippen LogP) is 4.93. The Balaban J connectivity index is 0.00000600. The van der Waals surface area contributed by atoms with Crippen LogP contribution in [0.2, 0.25) is 10.0 Å². The molecule has 12 nitrogen and oxygen atoms in total. The normalized spacial score (nSPS) is 14.7. The van der Waals surface area contributed by atoms with Crippen LogP contribution in [-0.2, 0) is 43.2 Å². The minimum absolute atomic E-state index is 0. The van der Waals surface area contributed by atoms with Gasteiger partial charge < -0.3 is 37.6 Å². The van der Waals surface area contributed by atoms with Crippen LogP contribution in [0.4, 0.5) is 0 Å². The standard InChI is InChI=1S/C43H57Cl2N7O5.2ClH/c1-28(2)23-37(51-42(56)38(26-30-13-7-4-8-14-30)50-40(54)35(47)25-29-11-5-3-6-12-29)41(55)49-36(15-9-10-20-46)43(57)52-21-18-32(19-22-52)48-39(53)27-31-16-17-33(44)34(45)24-31;;/h3-8,11-14,16-17,24,28,32,35-38H,9-10,15,18-23,25-27,46-47H2,1-2H3,(H,48,53)(H,49,55)(H,50,54)(H,51,56);2*1H/t35-,36-,37-,38-;;/m1../s1. The van der Waals surface area contributed by atoms with Crippen LogP contribution >= 0.6 is 48.0 Å². The molecule has 3 aromatic rings. The maximum Gasteiger partial charge on any atom is 0.245 e. The van der Waals surface area contributed by atoms with E-state index in [2.05, 4.69) is 21.3 Å². The van der Waals surface area contributed by atoms with E-state index in [1.807, 2.05) is 74.5 Å². The Morgan fingerprint density at radius 2 is 1.27 bits per heavy atom. The fourth-order valence-corrected chi connectivity index (χ4v) is 7.20. The van der Waals surface area contributed by atoms with Gasteiger partial charge in [-0.05, 0) is 86.2 Å². The summed E-state index contributed by atoms with van der Waals surface area (Å²) in [5.74, 6) is -1.87. The molecule has 0 unspecified atom stereocenters. The highest BCUT2D eigenvalue weighted by Gasteiger charge is 2.33. The Bertz CT molecular complexity index is 1780. The minimum atomic E-state index is -1.02. The number of benzene rings is 3. The fraction of sp³-hybridized carbons (Fsp3) is 0.465. The summed E-state index contributed by atoms with van der Waals surface area (Å²) < 4.78 is 0. The highest BCUT2D eigenvalue weighted by Crippen LogP contribution is 2.23. The summed E-state index contributed by atoms with van der Waals surface area (Å²) in [4.78, 5) is 69.8. The van der Waals surface area contributed by atoms with Gasteiger partial charge in [0, 0.05) is 25.6 Å². The highest BCUT2D eigenvalue weighted by molar-refractivity contribution is 6.42. The number of hydrogen-bond donors (Lipinski definition) is 6. The number of likely N-dealkylation sites (tertiary alicyclic amines) is 1. The van der Waals surface area contributed by atoms with Crippen molar-refractivity contribution in [2.45, 2.75) is 102 Å². The van der Waals surface area contributed by atoms with Crippen molar-refractivity contribution < 1.29 is 24.0 Å². The van der Waals surface area contributed by atoms with Crippen molar-refractivity contribution in [3.8, 4) is 0 Å². The fourth-order valence-electron chi connectivity index (χ4n) is 6.87. The van der Waals surface area contributed by atoms with Crippen molar-refractivity contribution in [3.63, 3.8) is 0 Å². The SMILES string of the molecule is CC(C)C[C@@H](NC(=O)[C@@H](Cc1ccccc1)NC(=O)[C@H](N)Cc1ccccc1)C(=O)N[C@H](CCCCN)C(=O)N1CCC(NC(=O)Cc2ccc(Cl)c(Cl)c2)CC1.Cl.Cl. The number of unbranched alkanes of at least 4 members (excludes halogenated alkanes) is 1. The van der Waals surface area contributed by atoms with E-state index in [4.69, 9.17) is 34.7 Å². The third-order valence-electron chi connectivity index (χ3n) is 9.97. The quantitative estimate of drug-likeness (QED) is 0.0868. The van der Waals surface area contributed by atoms with Crippen molar-refractivity contribution in [3.05, 3.63) is 106 Å². The van der Waals surface area contributed by atoms with Crippen LogP contribution in [0, 0.1) is 5.92 Å². The van der Waals surface area contributed by atoms with E-state index in [0.717, 1.165) is 16.7 Å². The molecule has 1 fully saturated rings. The maximum absolute atomic E-state index is 14.0. The van der Waals surface area contributed by atoms with Crippen LogP contribution in [0.3, 0.4) is 0 Å². The van der Waals surface area contributed by atoms with Crippen LogP contribution in [-0.4, -0.2) is 84.3 Å². The first-order chi connectivity index (χ1) is 27.3. The molecule has 4 atom stereocenters. The summed E-state index contributed by atoms with van der Waals surface area (Å²) >= 11 is 12.1. The average Bonchev–Trinajstić information content (AvgIpc) is 3.19. The van der Waals surface area contributed by atoms with Crippen LogP contribution in [0.5, 0.6) is 0 Å². The van der Waals surface area contributed by atoms with Gasteiger partial charge in [0.05, 0.1) is 22.5 Å². The van der Waals surface area contributed by atoms with E-state index in [9.17, 15) is 24.0 Å². The van der Waals surface area contributed by atoms with E-state index in [0.29, 0.717) is 68.2 Å². The molecule has 324 valence electrons. The number of nitrogens with one attached hydrogen (secondary N) is 4. The molecule has 59 heavy (non-hydrogen) atoms. The monoisotopic (exact) mass is 893 g/mol. The summed E-state index contributed by atoms with van der Waals surface area (Å²) in [5.41, 5.74) is 14.5. The summed E-state index contributed by atoms with van der Waals surface area (Å²) in [7, 11) is 0. The zero-order chi connectivity index (χ0) is 41.3. The van der Waals surface area contributed by atoms with Gasteiger partial charge >= 0.3 is 0 Å². The second kappa shape index (κ2) is 26.3. The second-order valence-electron chi connectivity index (χ2n) is 15.2. The van der Waals surface area contributed by atoms with Crippen molar-refractivity contribution >= 4 is 77.6 Å². The molecule has 4 rings (SSSR count). The Morgan fingerprint density at radius 1 is 0.712 bits per heavy atom. The van der Waals surface area contributed by atoms with E-state index < -0.39 is 41.9 Å². The van der Waals surface area contributed by atoms with Crippen LogP contribution in [0.15, 0.2) is 78.9 Å². The van der Waals surface area contributed by atoms with Crippen molar-refractivity contribution in [1.29, 1.82) is 0 Å². The lowest BCUT2D eigenvalue weighted by atomic mass is 9.99.